The van der Waals surface area contributed by atoms with Crippen LogP contribution in [0.3, 0.4) is 0 Å². The molecule has 0 saturated carbocycles. The van der Waals surface area contributed by atoms with Crippen LogP contribution in [-0.4, -0.2) is 25.2 Å². The third-order valence-corrected chi connectivity index (χ3v) is 3.09. The number of hydrogen-bond donors (Lipinski definition) is 0. The van der Waals surface area contributed by atoms with Crippen LogP contribution >= 0.6 is 0 Å². The summed E-state index contributed by atoms with van der Waals surface area (Å²) in [6, 6.07) is 7.95. The van der Waals surface area contributed by atoms with Gasteiger partial charge in [-0.3, -0.25) is 0 Å². The first-order chi connectivity index (χ1) is 9.43. The molecule has 4 heteroatoms. The number of aromatic nitrogens is 1. The molecule has 2 aromatic rings. The lowest BCUT2D eigenvalue weighted by Crippen LogP contribution is -2.13. The number of hydrogen-bond acceptors (Lipinski definition) is 4. The van der Waals surface area contributed by atoms with Crippen LogP contribution in [0.4, 0.5) is 5.69 Å². The molecule has 0 amide bonds. The molecule has 20 heavy (non-hydrogen) atoms. The lowest BCUT2D eigenvalue weighted by atomic mass is 10.1. The van der Waals surface area contributed by atoms with Gasteiger partial charge in [-0.05, 0) is 39.0 Å². The molecule has 0 saturated heterocycles. The number of rotatable bonds is 3. The molecule has 0 fully saturated rings. The van der Waals surface area contributed by atoms with E-state index in [9.17, 15) is 5.26 Å². The summed E-state index contributed by atoms with van der Waals surface area (Å²) in [7, 11) is 3.94. The molecule has 0 N–H and O–H groups in total. The van der Waals surface area contributed by atoms with Crippen molar-refractivity contribution in [3.05, 3.63) is 29.5 Å². The maximum absolute atomic E-state index is 9.20. The summed E-state index contributed by atoms with van der Waals surface area (Å²) < 4.78 is 5.74. The van der Waals surface area contributed by atoms with Gasteiger partial charge >= 0.3 is 0 Å². The average Bonchev–Trinajstić information content (AvgIpc) is 2.36. The van der Waals surface area contributed by atoms with Gasteiger partial charge in [0.05, 0.1) is 17.3 Å². The van der Waals surface area contributed by atoms with E-state index in [0.29, 0.717) is 5.69 Å². The summed E-state index contributed by atoms with van der Waals surface area (Å²) in [6.45, 7) is 5.93. The molecular formula is C16H19N3O. The zero-order valence-corrected chi connectivity index (χ0v) is 12.6. The third-order valence-electron chi connectivity index (χ3n) is 3.09. The molecule has 4 nitrogen and oxygen atoms in total. The molecule has 0 atom stereocenters. The maximum Gasteiger partial charge on any atom is 0.146 e. The highest BCUT2D eigenvalue weighted by molar-refractivity contribution is 5.95. The predicted octanol–water partition coefficient (Wildman–Crippen LogP) is 3.27. The van der Waals surface area contributed by atoms with Crippen LogP contribution in [0.1, 0.15) is 25.1 Å². The van der Waals surface area contributed by atoms with Gasteiger partial charge in [-0.1, -0.05) is 0 Å². The Kier molecular flexibility index (Phi) is 3.80. The second kappa shape index (κ2) is 5.38. The molecule has 2 rings (SSSR count). The van der Waals surface area contributed by atoms with Crippen molar-refractivity contribution >= 4 is 16.6 Å². The van der Waals surface area contributed by atoms with Gasteiger partial charge in [0.2, 0.25) is 0 Å². The Morgan fingerprint density at radius 1 is 1.30 bits per heavy atom. The minimum Gasteiger partial charge on any atom is -0.491 e. The van der Waals surface area contributed by atoms with Crippen molar-refractivity contribution in [1.29, 1.82) is 5.26 Å². The molecule has 1 heterocycles. The van der Waals surface area contributed by atoms with E-state index >= 15 is 0 Å². The molecule has 0 aliphatic rings. The Morgan fingerprint density at radius 3 is 2.55 bits per heavy atom. The van der Waals surface area contributed by atoms with E-state index in [4.69, 9.17) is 4.74 Å². The topological polar surface area (TPSA) is 49.1 Å². The monoisotopic (exact) mass is 269 g/mol. The molecule has 0 unspecified atom stereocenters. The molecule has 0 bridgehead atoms. The van der Waals surface area contributed by atoms with E-state index in [0.717, 1.165) is 27.9 Å². The zero-order chi connectivity index (χ0) is 14.9. The first-order valence-corrected chi connectivity index (χ1v) is 6.62. The summed E-state index contributed by atoms with van der Waals surface area (Å²) in [5.74, 6) is 0.821. The molecular weight excluding hydrogens is 250 g/mol. The number of fused-ring (bicyclic) bond motifs is 1. The van der Waals surface area contributed by atoms with Crippen molar-refractivity contribution in [1.82, 2.24) is 4.98 Å². The molecule has 0 spiro atoms. The van der Waals surface area contributed by atoms with E-state index < -0.39 is 0 Å². The van der Waals surface area contributed by atoms with Gasteiger partial charge in [0.25, 0.3) is 0 Å². The smallest absolute Gasteiger partial charge is 0.146 e. The molecule has 1 aromatic carbocycles. The van der Waals surface area contributed by atoms with Crippen molar-refractivity contribution in [3.63, 3.8) is 0 Å². The number of anilines is 1. The largest absolute Gasteiger partial charge is 0.491 e. The van der Waals surface area contributed by atoms with Crippen LogP contribution in [0, 0.1) is 18.3 Å². The van der Waals surface area contributed by atoms with Crippen LogP contribution in [0.5, 0.6) is 5.75 Å². The van der Waals surface area contributed by atoms with Crippen LogP contribution in [-0.2, 0) is 0 Å². The normalized spacial score (nSPS) is 10.7. The second-order valence-corrected chi connectivity index (χ2v) is 5.29. The summed E-state index contributed by atoms with van der Waals surface area (Å²) in [5.41, 5.74) is 3.19. The van der Waals surface area contributed by atoms with Crippen molar-refractivity contribution in [2.24, 2.45) is 0 Å². The SMILES string of the molecule is Cc1c(C#N)nc2ccc(OC(C)C)cc2c1N(C)C. The van der Waals surface area contributed by atoms with E-state index in [1.54, 1.807) is 0 Å². The Morgan fingerprint density at radius 2 is 2.00 bits per heavy atom. The molecule has 0 aliphatic carbocycles. The standard InChI is InChI=1S/C16H19N3O/c1-10(2)20-12-6-7-14-13(8-12)16(19(4)5)11(3)15(9-17)18-14/h6-8,10H,1-5H3. The quantitative estimate of drug-likeness (QED) is 0.858. The van der Waals surface area contributed by atoms with Crippen molar-refractivity contribution in [2.75, 3.05) is 19.0 Å². The highest BCUT2D eigenvalue weighted by Crippen LogP contribution is 2.32. The van der Waals surface area contributed by atoms with Crippen molar-refractivity contribution in [2.45, 2.75) is 26.9 Å². The fourth-order valence-electron chi connectivity index (χ4n) is 2.35. The van der Waals surface area contributed by atoms with Crippen LogP contribution in [0.25, 0.3) is 10.9 Å². The van der Waals surface area contributed by atoms with E-state index in [1.165, 1.54) is 0 Å². The van der Waals surface area contributed by atoms with E-state index in [1.807, 2.05) is 58.0 Å². The summed E-state index contributed by atoms with van der Waals surface area (Å²) in [6.07, 6.45) is 0.127. The first-order valence-electron chi connectivity index (χ1n) is 6.62. The Bertz CT molecular complexity index is 684. The molecule has 1 aromatic heterocycles. The van der Waals surface area contributed by atoms with Gasteiger partial charge in [-0.2, -0.15) is 5.26 Å². The highest BCUT2D eigenvalue weighted by atomic mass is 16.5. The van der Waals surface area contributed by atoms with Crippen LogP contribution < -0.4 is 9.64 Å². The van der Waals surface area contributed by atoms with Crippen LogP contribution in [0.15, 0.2) is 18.2 Å². The van der Waals surface area contributed by atoms with Gasteiger partial charge in [0, 0.05) is 25.0 Å². The highest BCUT2D eigenvalue weighted by Gasteiger charge is 2.14. The zero-order valence-electron chi connectivity index (χ0n) is 12.6. The van der Waals surface area contributed by atoms with E-state index in [2.05, 4.69) is 11.1 Å². The van der Waals surface area contributed by atoms with Gasteiger partial charge < -0.3 is 9.64 Å². The molecule has 104 valence electrons. The minimum absolute atomic E-state index is 0.127. The number of ether oxygens (including phenoxy) is 1. The lowest BCUT2D eigenvalue weighted by molar-refractivity contribution is 0.243. The fourth-order valence-corrected chi connectivity index (χ4v) is 2.35. The summed E-state index contributed by atoms with van der Waals surface area (Å²) in [5, 5.41) is 10.2. The lowest BCUT2D eigenvalue weighted by Gasteiger charge is -2.20. The van der Waals surface area contributed by atoms with Gasteiger partial charge in [0.1, 0.15) is 17.5 Å². The predicted molar refractivity (Wildman–Crippen MR) is 81.3 cm³/mol. The summed E-state index contributed by atoms with van der Waals surface area (Å²) >= 11 is 0. The maximum atomic E-state index is 9.20. The average molecular weight is 269 g/mol. The third kappa shape index (κ3) is 2.53. The van der Waals surface area contributed by atoms with Gasteiger partial charge in [0.15, 0.2) is 0 Å². The molecule has 0 aliphatic heterocycles. The Hall–Kier alpha value is -2.28. The summed E-state index contributed by atoms with van der Waals surface area (Å²) in [4.78, 5) is 6.43. The fraction of sp³-hybridized carbons (Fsp3) is 0.375. The first kappa shape index (κ1) is 14.1. The van der Waals surface area contributed by atoms with E-state index in [-0.39, 0.29) is 6.10 Å². The Labute approximate surface area is 119 Å². The Balaban J connectivity index is 2.73. The van der Waals surface area contributed by atoms with Crippen LogP contribution in [0.2, 0.25) is 0 Å². The van der Waals surface area contributed by atoms with Crippen molar-refractivity contribution < 1.29 is 4.74 Å². The number of benzene rings is 1. The number of nitrogens with zero attached hydrogens (tertiary/aromatic N) is 3. The van der Waals surface area contributed by atoms with Gasteiger partial charge in [-0.15, -0.1) is 0 Å². The minimum atomic E-state index is 0.127. The number of pyridine rings is 1. The van der Waals surface area contributed by atoms with Crippen molar-refractivity contribution in [3.8, 4) is 11.8 Å². The molecule has 0 radical (unpaired) electrons. The number of nitriles is 1. The van der Waals surface area contributed by atoms with Gasteiger partial charge in [-0.25, -0.2) is 4.98 Å². The second-order valence-electron chi connectivity index (χ2n) is 5.29.